The average molecular weight is 306 g/mol. The molecule has 0 atom stereocenters. The molecule has 0 spiro atoms. The van der Waals surface area contributed by atoms with Crippen LogP contribution in [-0.2, 0) is 0 Å². The molecular formula is C14H15FN4OS. The van der Waals surface area contributed by atoms with E-state index >= 15 is 0 Å². The number of benzene rings is 1. The predicted octanol–water partition coefficient (Wildman–Crippen LogP) is 2.14. The van der Waals surface area contributed by atoms with E-state index < -0.39 is 11.7 Å². The topological polar surface area (TPSA) is 59.0 Å². The summed E-state index contributed by atoms with van der Waals surface area (Å²) in [7, 11) is 0. The van der Waals surface area contributed by atoms with Gasteiger partial charge in [0.15, 0.2) is 5.82 Å². The number of rotatable bonds is 4. The van der Waals surface area contributed by atoms with Gasteiger partial charge in [-0.1, -0.05) is 6.07 Å². The van der Waals surface area contributed by atoms with Gasteiger partial charge in [0.25, 0.3) is 5.91 Å². The molecule has 1 aromatic carbocycles. The van der Waals surface area contributed by atoms with Crippen LogP contribution in [0.25, 0.3) is 0 Å². The molecule has 1 aliphatic heterocycles. The molecule has 1 aliphatic rings. The second kappa shape index (κ2) is 5.87. The SMILES string of the molecule is CSc1cccc(F)c1C(=O)Nc1ccn(C2CNC2)n1. The molecule has 2 heterocycles. The Bertz CT molecular complexity index is 669. The number of nitrogens with zero attached hydrogens (tertiary/aromatic N) is 2. The molecule has 0 saturated carbocycles. The zero-order valence-electron chi connectivity index (χ0n) is 11.5. The van der Waals surface area contributed by atoms with Gasteiger partial charge in [-0.25, -0.2) is 4.39 Å². The summed E-state index contributed by atoms with van der Waals surface area (Å²) >= 11 is 1.34. The number of hydrogen-bond donors (Lipinski definition) is 2. The van der Waals surface area contributed by atoms with Crippen LogP contribution in [0.2, 0.25) is 0 Å². The minimum absolute atomic E-state index is 0.0601. The van der Waals surface area contributed by atoms with E-state index in [-0.39, 0.29) is 5.56 Å². The van der Waals surface area contributed by atoms with Crippen LogP contribution in [0.5, 0.6) is 0 Å². The lowest BCUT2D eigenvalue weighted by atomic mass is 10.2. The fraction of sp³-hybridized carbons (Fsp3) is 0.286. The van der Waals surface area contributed by atoms with E-state index in [9.17, 15) is 9.18 Å². The zero-order chi connectivity index (χ0) is 14.8. The third kappa shape index (κ3) is 2.79. The first-order valence-corrected chi connectivity index (χ1v) is 7.81. The van der Waals surface area contributed by atoms with Crippen molar-refractivity contribution < 1.29 is 9.18 Å². The molecule has 0 aliphatic carbocycles. The first kappa shape index (κ1) is 14.1. The van der Waals surface area contributed by atoms with Crippen molar-refractivity contribution in [2.24, 2.45) is 0 Å². The molecule has 7 heteroatoms. The first-order chi connectivity index (χ1) is 10.2. The normalized spacial score (nSPS) is 14.8. The number of carbonyl (C=O) groups is 1. The second-order valence-electron chi connectivity index (χ2n) is 4.76. The van der Waals surface area contributed by atoms with Gasteiger partial charge < -0.3 is 10.6 Å². The van der Waals surface area contributed by atoms with Gasteiger partial charge in [-0.2, -0.15) is 5.10 Å². The summed E-state index contributed by atoms with van der Waals surface area (Å²) < 4.78 is 15.7. The number of hydrogen-bond acceptors (Lipinski definition) is 4. The molecule has 0 radical (unpaired) electrons. The van der Waals surface area contributed by atoms with Crippen LogP contribution in [0.1, 0.15) is 16.4 Å². The highest BCUT2D eigenvalue weighted by molar-refractivity contribution is 7.98. The molecular weight excluding hydrogens is 291 g/mol. The summed E-state index contributed by atoms with van der Waals surface area (Å²) in [4.78, 5) is 12.9. The maximum absolute atomic E-state index is 13.9. The van der Waals surface area contributed by atoms with Crippen LogP contribution >= 0.6 is 11.8 Å². The number of anilines is 1. The van der Waals surface area contributed by atoms with E-state index in [1.807, 2.05) is 17.1 Å². The van der Waals surface area contributed by atoms with Gasteiger partial charge in [0.05, 0.1) is 11.6 Å². The summed E-state index contributed by atoms with van der Waals surface area (Å²) in [6.45, 7) is 1.75. The van der Waals surface area contributed by atoms with Gasteiger partial charge >= 0.3 is 0 Å². The molecule has 21 heavy (non-hydrogen) atoms. The van der Waals surface area contributed by atoms with Crippen LogP contribution in [0.15, 0.2) is 35.4 Å². The quantitative estimate of drug-likeness (QED) is 0.850. The van der Waals surface area contributed by atoms with E-state index in [0.717, 1.165) is 13.1 Å². The van der Waals surface area contributed by atoms with Gasteiger partial charge in [0.1, 0.15) is 5.82 Å². The molecule has 2 N–H and O–H groups in total. The van der Waals surface area contributed by atoms with Crippen molar-refractivity contribution in [3.63, 3.8) is 0 Å². The van der Waals surface area contributed by atoms with Crippen molar-refractivity contribution in [1.82, 2.24) is 15.1 Å². The number of halogens is 1. The van der Waals surface area contributed by atoms with Crippen LogP contribution in [0, 0.1) is 5.82 Å². The standard InChI is InChI=1S/C14H15FN4OS/c1-21-11-4-2-3-10(15)13(11)14(20)17-12-5-6-19(18-12)9-7-16-8-9/h2-6,9,16H,7-8H2,1H3,(H,17,18,20). The number of thioether (sulfide) groups is 1. The molecule has 110 valence electrons. The van der Waals surface area contributed by atoms with Crippen LogP contribution < -0.4 is 10.6 Å². The maximum atomic E-state index is 13.9. The Kier molecular flexibility index (Phi) is 3.94. The van der Waals surface area contributed by atoms with E-state index in [4.69, 9.17) is 0 Å². The smallest absolute Gasteiger partial charge is 0.260 e. The lowest BCUT2D eigenvalue weighted by molar-refractivity contribution is 0.101. The van der Waals surface area contributed by atoms with Gasteiger partial charge in [-0.05, 0) is 18.4 Å². The van der Waals surface area contributed by atoms with Crippen molar-refractivity contribution in [2.45, 2.75) is 10.9 Å². The Balaban J connectivity index is 1.78. The highest BCUT2D eigenvalue weighted by Gasteiger charge is 2.21. The van der Waals surface area contributed by atoms with Crippen LogP contribution in [0.3, 0.4) is 0 Å². The van der Waals surface area contributed by atoms with Crippen LogP contribution in [-0.4, -0.2) is 35.0 Å². The molecule has 2 aromatic rings. The Labute approximate surface area is 125 Å². The Morgan fingerprint density at radius 1 is 1.48 bits per heavy atom. The van der Waals surface area contributed by atoms with Crippen molar-refractivity contribution in [3.8, 4) is 0 Å². The minimum Gasteiger partial charge on any atom is -0.312 e. The molecule has 1 saturated heterocycles. The summed E-state index contributed by atoms with van der Waals surface area (Å²) in [6.07, 6.45) is 3.63. The molecule has 3 rings (SSSR count). The van der Waals surface area contributed by atoms with E-state index in [1.54, 1.807) is 18.2 Å². The fourth-order valence-electron chi connectivity index (χ4n) is 2.14. The van der Waals surface area contributed by atoms with Gasteiger partial charge in [-0.15, -0.1) is 11.8 Å². The molecule has 1 fully saturated rings. The van der Waals surface area contributed by atoms with Crippen molar-refractivity contribution in [3.05, 3.63) is 41.8 Å². The third-order valence-corrected chi connectivity index (χ3v) is 4.19. The molecule has 0 bridgehead atoms. The van der Waals surface area contributed by atoms with Gasteiger partial charge in [0, 0.05) is 30.2 Å². The monoisotopic (exact) mass is 306 g/mol. The first-order valence-electron chi connectivity index (χ1n) is 6.59. The highest BCUT2D eigenvalue weighted by atomic mass is 32.2. The molecule has 0 unspecified atom stereocenters. The van der Waals surface area contributed by atoms with Gasteiger partial charge in [-0.3, -0.25) is 9.48 Å². The number of amides is 1. The van der Waals surface area contributed by atoms with Crippen molar-refractivity contribution in [1.29, 1.82) is 0 Å². The number of carbonyl (C=O) groups excluding carboxylic acids is 1. The third-order valence-electron chi connectivity index (χ3n) is 3.41. The minimum atomic E-state index is -0.526. The molecule has 1 amide bonds. The van der Waals surface area contributed by atoms with Crippen molar-refractivity contribution in [2.75, 3.05) is 24.7 Å². The number of aromatic nitrogens is 2. The number of nitrogens with one attached hydrogen (secondary N) is 2. The lowest BCUT2D eigenvalue weighted by Gasteiger charge is -2.27. The van der Waals surface area contributed by atoms with Crippen LogP contribution in [0.4, 0.5) is 10.2 Å². The van der Waals surface area contributed by atoms with E-state index in [0.29, 0.717) is 16.8 Å². The van der Waals surface area contributed by atoms with Gasteiger partial charge in [0.2, 0.25) is 0 Å². The largest absolute Gasteiger partial charge is 0.312 e. The summed E-state index contributed by atoms with van der Waals surface area (Å²) in [5, 5.41) is 10.1. The Morgan fingerprint density at radius 3 is 2.95 bits per heavy atom. The summed E-state index contributed by atoms with van der Waals surface area (Å²) in [5.74, 6) is -0.571. The highest BCUT2D eigenvalue weighted by Crippen LogP contribution is 2.24. The lowest BCUT2D eigenvalue weighted by Crippen LogP contribution is -2.43. The van der Waals surface area contributed by atoms with E-state index in [1.165, 1.54) is 17.8 Å². The molecule has 5 nitrogen and oxygen atoms in total. The van der Waals surface area contributed by atoms with Crippen molar-refractivity contribution >= 4 is 23.5 Å². The summed E-state index contributed by atoms with van der Waals surface area (Å²) in [5.41, 5.74) is 0.0601. The Hall–Kier alpha value is -1.86. The molecule has 1 aromatic heterocycles. The zero-order valence-corrected chi connectivity index (χ0v) is 12.3. The van der Waals surface area contributed by atoms with E-state index in [2.05, 4.69) is 15.7 Å². The average Bonchev–Trinajstić information content (AvgIpc) is 2.84. The summed E-state index contributed by atoms with van der Waals surface area (Å²) in [6, 6.07) is 6.64. The fourth-order valence-corrected chi connectivity index (χ4v) is 2.75. The predicted molar refractivity (Wildman–Crippen MR) is 80.3 cm³/mol. The maximum Gasteiger partial charge on any atom is 0.260 e. The Morgan fingerprint density at radius 2 is 2.29 bits per heavy atom. The second-order valence-corrected chi connectivity index (χ2v) is 5.61.